The maximum Gasteiger partial charge on any atom is 0.269 e. The number of nitro benzene ring substituents is 1. The van der Waals surface area contributed by atoms with Crippen LogP contribution >= 0.6 is 11.5 Å². The van der Waals surface area contributed by atoms with Gasteiger partial charge in [0.2, 0.25) is 5.13 Å². The quantitative estimate of drug-likeness (QED) is 0.452. The lowest BCUT2D eigenvalue weighted by Crippen LogP contribution is -2.31. The maximum atomic E-state index is 10.9. The number of non-ortho nitro benzene ring substituents is 1. The van der Waals surface area contributed by atoms with Crippen molar-refractivity contribution in [3.05, 3.63) is 52.0 Å². The molecule has 0 saturated carbocycles. The molecule has 2 aromatic heterocycles. The van der Waals surface area contributed by atoms with Crippen LogP contribution in [0.15, 0.2) is 30.3 Å². The summed E-state index contributed by atoms with van der Waals surface area (Å²) in [5, 5.41) is 11.9. The summed E-state index contributed by atoms with van der Waals surface area (Å²) in [6, 6.07) is 8.35. The highest BCUT2D eigenvalue weighted by atomic mass is 32.1. The number of anilines is 2. The molecule has 3 aromatic rings. The number of rotatable bonds is 5. The highest BCUT2D eigenvalue weighted by molar-refractivity contribution is 7.09. The molecule has 30 heavy (non-hydrogen) atoms. The standard InChI is InChI=1S/C20H23N7O2S/c1-3-17-22-20(30-24-17)26-10-4-9-25(11-12-26)18-13-14(2)21-19(23-18)15-5-7-16(8-6-15)27(28)29/h5-8,13H,3-4,9-12H2,1-2H3. The van der Waals surface area contributed by atoms with E-state index in [0.29, 0.717) is 5.82 Å². The van der Waals surface area contributed by atoms with Crippen LogP contribution in [0.25, 0.3) is 11.4 Å². The Balaban J connectivity index is 1.53. The van der Waals surface area contributed by atoms with E-state index in [2.05, 4.69) is 31.1 Å². The summed E-state index contributed by atoms with van der Waals surface area (Å²) in [6.07, 6.45) is 1.85. The molecule has 10 heteroatoms. The first kappa shape index (κ1) is 20.1. The molecule has 0 aliphatic carbocycles. The molecule has 0 N–H and O–H groups in total. The summed E-state index contributed by atoms with van der Waals surface area (Å²) in [5.74, 6) is 2.36. The van der Waals surface area contributed by atoms with Crippen molar-refractivity contribution in [3.8, 4) is 11.4 Å². The van der Waals surface area contributed by atoms with Crippen LogP contribution in [0.4, 0.5) is 16.6 Å². The normalized spacial score (nSPS) is 14.6. The second kappa shape index (κ2) is 8.70. The van der Waals surface area contributed by atoms with Crippen LogP contribution < -0.4 is 9.80 Å². The fourth-order valence-electron chi connectivity index (χ4n) is 3.43. The first-order valence-corrected chi connectivity index (χ1v) is 10.7. The van der Waals surface area contributed by atoms with Gasteiger partial charge in [0.25, 0.3) is 5.69 Å². The van der Waals surface area contributed by atoms with Crippen molar-refractivity contribution in [2.45, 2.75) is 26.7 Å². The number of nitro groups is 1. The molecule has 1 saturated heterocycles. The Bertz CT molecular complexity index is 1040. The Morgan fingerprint density at radius 3 is 2.50 bits per heavy atom. The number of hydrogen-bond donors (Lipinski definition) is 0. The summed E-state index contributed by atoms with van der Waals surface area (Å²) < 4.78 is 4.40. The molecule has 156 valence electrons. The van der Waals surface area contributed by atoms with Gasteiger partial charge in [-0.3, -0.25) is 10.1 Å². The molecule has 0 spiro atoms. The lowest BCUT2D eigenvalue weighted by Gasteiger charge is -2.23. The Kier molecular flexibility index (Phi) is 5.84. The van der Waals surface area contributed by atoms with Gasteiger partial charge in [0.05, 0.1) is 4.92 Å². The van der Waals surface area contributed by atoms with Gasteiger partial charge in [-0.25, -0.2) is 15.0 Å². The molecule has 1 aromatic carbocycles. The Labute approximate surface area is 178 Å². The number of aromatic nitrogens is 4. The van der Waals surface area contributed by atoms with Crippen molar-refractivity contribution in [3.63, 3.8) is 0 Å². The van der Waals surface area contributed by atoms with Gasteiger partial charge < -0.3 is 9.80 Å². The van der Waals surface area contributed by atoms with Gasteiger partial charge in [-0.05, 0) is 25.5 Å². The fourth-order valence-corrected chi connectivity index (χ4v) is 4.23. The highest BCUT2D eigenvalue weighted by Crippen LogP contribution is 2.25. The summed E-state index contributed by atoms with van der Waals surface area (Å²) in [5.41, 5.74) is 1.69. The predicted molar refractivity (Wildman–Crippen MR) is 117 cm³/mol. The lowest BCUT2D eigenvalue weighted by molar-refractivity contribution is -0.384. The molecule has 0 unspecified atom stereocenters. The van der Waals surface area contributed by atoms with E-state index >= 15 is 0 Å². The van der Waals surface area contributed by atoms with Crippen LogP contribution in [0.1, 0.15) is 24.9 Å². The Morgan fingerprint density at radius 1 is 1.07 bits per heavy atom. The van der Waals surface area contributed by atoms with E-state index in [0.717, 1.165) is 67.1 Å². The Hall–Kier alpha value is -3.14. The molecule has 1 fully saturated rings. The van der Waals surface area contributed by atoms with Crippen molar-refractivity contribution in [1.82, 2.24) is 19.3 Å². The second-order valence-electron chi connectivity index (χ2n) is 7.17. The van der Waals surface area contributed by atoms with Crippen molar-refractivity contribution < 1.29 is 4.92 Å². The molecule has 0 radical (unpaired) electrons. The van der Waals surface area contributed by atoms with Crippen molar-refractivity contribution >= 4 is 28.2 Å². The lowest BCUT2D eigenvalue weighted by atomic mass is 10.2. The van der Waals surface area contributed by atoms with Gasteiger partial charge in [0, 0.05) is 73.6 Å². The van der Waals surface area contributed by atoms with E-state index in [1.807, 2.05) is 13.0 Å². The Morgan fingerprint density at radius 2 is 1.80 bits per heavy atom. The maximum absolute atomic E-state index is 10.9. The monoisotopic (exact) mass is 425 g/mol. The molecular formula is C20H23N7O2S. The van der Waals surface area contributed by atoms with Crippen LogP contribution in [0.5, 0.6) is 0 Å². The molecule has 4 rings (SSSR count). The van der Waals surface area contributed by atoms with E-state index in [4.69, 9.17) is 4.98 Å². The summed E-state index contributed by atoms with van der Waals surface area (Å²) >= 11 is 1.46. The molecule has 1 aliphatic heterocycles. The minimum Gasteiger partial charge on any atom is -0.355 e. The van der Waals surface area contributed by atoms with E-state index in [1.165, 1.54) is 23.7 Å². The largest absolute Gasteiger partial charge is 0.355 e. The minimum atomic E-state index is -0.406. The van der Waals surface area contributed by atoms with Crippen LogP contribution in [0.2, 0.25) is 0 Å². The van der Waals surface area contributed by atoms with Crippen molar-refractivity contribution in [2.24, 2.45) is 0 Å². The zero-order valence-corrected chi connectivity index (χ0v) is 17.8. The highest BCUT2D eigenvalue weighted by Gasteiger charge is 2.20. The number of hydrogen-bond acceptors (Lipinski definition) is 9. The van der Waals surface area contributed by atoms with Crippen LogP contribution in [-0.2, 0) is 6.42 Å². The average Bonchev–Trinajstić information content (AvgIpc) is 3.10. The van der Waals surface area contributed by atoms with Gasteiger partial charge in [0.15, 0.2) is 5.82 Å². The van der Waals surface area contributed by atoms with Gasteiger partial charge in [-0.2, -0.15) is 4.37 Å². The van der Waals surface area contributed by atoms with Gasteiger partial charge in [0.1, 0.15) is 11.6 Å². The first-order chi connectivity index (χ1) is 14.5. The smallest absolute Gasteiger partial charge is 0.269 e. The molecule has 9 nitrogen and oxygen atoms in total. The SMILES string of the molecule is CCc1nsc(N2CCCN(c3cc(C)nc(-c4ccc([N+](=O)[O-])cc4)n3)CC2)n1. The average molecular weight is 426 g/mol. The van der Waals surface area contributed by atoms with E-state index < -0.39 is 4.92 Å². The van der Waals surface area contributed by atoms with E-state index in [9.17, 15) is 10.1 Å². The fraction of sp³-hybridized carbons (Fsp3) is 0.400. The predicted octanol–water partition coefficient (Wildman–Crippen LogP) is 3.49. The molecule has 0 bridgehead atoms. The van der Waals surface area contributed by atoms with E-state index in [1.54, 1.807) is 12.1 Å². The summed E-state index contributed by atoms with van der Waals surface area (Å²) in [4.78, 5) is 29.0. The molecule has 0 atom stereocenters. The van der Waals surface area contributed by atoms with Gasteiger partial charge in [-0.15, -0.1) is 0 Å². The van der Waals surface area contributed by atoms with Crippen molar-refractivity contribution in [1.29, 1.82) is 0 Å². The van der Waals surface area contributed by atoms with Crippen LogP contribution in [-0.4, -0.2) is 50.4 Å². The zero-order chi connectivity index (χ0) is 21.1. The van der Waals surface area contributed by atoms with Crippen LogP contribution in [0, 0.1) is 17.0 Å². The third-order valence-electron chi connectivity index (χ3n) is 5.04. The van der Waals surface area contributed by atoms with Crippen LogP contribution in [0.3, 0.4) is 0 Å². The third kappa shape index (κ3) is 4.38. The number of nitrogens with zero attached hydrogens (tertiary/aromatic N) is 7. The molecular weight excluding hydrogens is 402 g/mol. The topological polar surface area (TPSA) is 101 Å². The van der Waals surface area contributed by atoms with Crippen molar-refractivity contribution in [2.75, 3.05) is 36.0 Å². The number of benzene rings is 1. The second-order valence-corrected chi connectivity index (χ2v) is 7.90. The third-order valence-corrected chi connectivity index (χ3v) is 5.86. The first-order valence-electron chi connectivity index (χ1n) is 9.96. The zero-order valence-electron chi connectivity index (χ0n) is 17.0. The van der Waals surface area contributed by atoms with E-state index in [-0.39, 0.29) is 5.69 Å². The van der Waals surface area contributed by atoms with Gasteiger partial charge in [-0.1, -0.05) is 6.92 Å². The molecule has 1 aliphatic rings. The number of aryl methyl sites for hydroxylation is 2. The van der Waals surface area contributed by atoms with Gasteiger partial charge >= 0.3 is 0 Å². The molecule has 0 amide bonds. The molecule has 3 heterocycles. The summed E-state index contributed by atoms with van der Waals surface area (Å²) in [6.45, 7) is 7.53. The minimum absolute atomic E-state index is 0.0575. The summed E-state index contributed by atoms with van der Waals surface area (Å²) in [7, 11) is 0.